The van der Waals surface area contributed by atoms with E-state index in [1.807, 2.05) is 6.92 Å². The highest BCUT2D eigenvalue weighted by atomic mass is 79.9. The summed E-state index contributed by atoms with van der Waals surface area (Å²) in [4.78, 5) is 12.5. The molecule has 0 aromatic heterocycles. The van der Waals surface area contributed by atoms with Gasteiger partial charge >= 0.3 is 6.09 Å². The molecule has 1 fully saturated rings. The highest BCUT2D eigenvalue weighted by Crippen LogP contribution is 2.11. The Bertz CT molecular complexity index is 140. The topological polar surface area (TPSA) is 29.5 Å². The van der Waals surface area contributed by atoms with Gasteiger partial charge in [-0.3, -0.25) is 0 Å². The molecule has 1 aliphatic rings. The first-order valence-electron chi connectivity index (χ1n) is 3.29. The molecule has 0 N–H and O–H groups in total. The normalized spacial score (nSPS) is 25.2. The minimum absolute atomic E-state index is 0.0486. The molecular formula is C6H10BrNO2. The van der Waals surface area contributed by atoms with E-state index in [1.54, 1.807) is 4.90 Å². The molecular weight excluding hydrogens is 198 g/mol. The number of halogens is 1. The van der Waals surface area contributed by atoms with Crippen molar-refractivity contribution in [3.05, 3.63) is 0 Å². The lowest BCUT2D eigenvalue weighted by atomic mass is 10.4. The van der Waals surface area contributed by atoms with Gasteiger partial charge in [0.1, 0.15) is 6.10 Å². The maximum absolute atomic E-state index is 10.9. The molecule has 1 atom stereocenters. The smallest absolute Gasteiger partial charge is 0.410 e. The van der Waals surface area contributed by atoms with Crippen molar-refractivity contribution in [1.82, 2.24) is 4.90 Å². The van der Waals surface area contributed by atoms with Crippen LogP contribution in [0.15, 0.2) is 0 Å². The molecule has 1 rings (SSSR count). The summed E-state index contributed by atoms with van der Waals surface area (Å²) in [5, 5.41) is 0.731. The Morgan fingerprint density at radius 3 is 2.90 bits per heavy atom. The molecule has 1 aliphatic heterocycles. The summed E-state index contributed by atoms with van der Waals surface area (Å²) in [7, 11) is 0. The van der Waals surface area contributed by atoms with E-state index >= 15 is 0 Å². The summed E-state index contributed by atoms with van der Waals surface area (Å²) in [5.74, 6) is 0. The van der Waals surface area contributed by atoms with Gasteiger partial charge in [0.2, 0.25) is 0 Å². The largest absolute Gasteiger partial charge is 0.443 e. The summed E-state index contributed by atoms with van der Waals surface area (Å²) in [6.07, 6.45) is -0.139. The number of amides is 1. The predicted octanol–water partition coefficient (Wildman–Crippen LogP) is 1.22. The molecule has 0 aromatic carbocycles. The van der Waals surface area contributed by atoms with Crippen molar-refractivity contribution in [2.24, 2.45) is 0 Å². The fraction of sp³-hybridized carbons (Fsp3) is 0.833. The molecule has 3 nitrogen and oxygen atoms in total. The second kappa shape index (κ2) is 3.23. The van der Waals surface area contributed by atoms with Crippen molar-refractivity contribution in [2.75, 3.05) is 18.4 Å². The van der Waals surface area contributed by atoms with E-state index in [4.69, 9.17) is 4.74 Å². The maximum Gasteiger partial charge on any atom is 0.410 e. The third-order valence-electron chi connectivity index (χ3n) is 1.50. The third kappa shape index (κ3) is 1.42. The van der Waals surface area contributed by atoms with Crippen LogP contribution < -0.4 is 0 Å². The number of likely N-dealkylation sites (N-methyl/N-ethyl adjacent to an activating group) is 1. The molecule has 0 radical (unpaired) electrons. The number of alkyl halides is 1. The van der Waals surface area contributed by atoms with Gasteiger partial charge in [-0.25, -0.2) is 4.79 Å². The first-order chi connectivity index (χ1) is 4.77. The van der Waals surface area contributed by atoms with Crippen LogP contribution in [0, 0.1) is 0 Å². The van der Waals surface area contributed by atoms with E-state index in [9.17, 15) is 4.79 Å². The fourth-order valence-electron chi connectivity index (χ4n) is 0.913. The van der Waals surface area contributed by atoms with Crippen LogP contribution in [0.3, 0.4) is 0 Å². The molecule has 0 aliphatic carbocycles. The van der Waals surface area contributed by atoms with E-state index in [0.717, 1.165) is 18.4 Å². The molecule has 0 bridgehead atoms. The zero-order valence-corrected chi connectivity index (χ0v) is 7.43. The van der Waals surface area contributed by atoms with Crippen LogP contribution in [0.2, 0.25) is 0 Å². The van der Waals surface area contributed by atoms with E-state index in [-0.39, 0.29) is 12.2 Å². The number of carbonyl (C=O) groups excluding carboxylic acids is 1. The van der Waals surface area contributed by atoms with Crippen molar-refractivity contribution in [1.29, 1.82) is 0 Å². The average molecular weight is 208 g/mol. The van der Waals surface area contributed by atoms with Crippen molar-refractivity contribution >= 4 is 22.0 Å². The number of hydrogen-bond acceptors (Lipinski definition) is 2. The van der Waals surface area contributed by atoms with E-state index in [0.29, 0.717) is 0 Å². The second-order valence-electron chi connectivity index (χ2n) is 2.20. The lowest BCUT2D eigenvalue weighted by Gasteiger charge is -2.06. The van der Waals surface area contributed by atoms with Crippen molar-refractivity contribution in [3.63, 3.8) is 0 Å². The Hall–Kier alpha value is -0.250. The summed E-state index contributed by atoms with van der Waals surface area (Å²) in [6, 6.07) is 0. The van der Waals surface area contributed by atoms with E-state index < -0.39 is 0 Å². The highest BCUT2D eigenvalue weighted by Gasteiger charge is 2.28. The van der Waals surface area contributed by atoms with Crippen LogP contribution in [-0.2, 0) is 4.74 Å². The number of ether oxygens (including phenoxy) is 1. The van der Waals surface area contributed by atoms with Gasteiger partial charge in [-0.1, -0.05) is 15.9 Å². The van der Waals surface area contributed by atoms with E-state index in [1.165, 1.54) is 0 Å². The van der Waals surface area contributed by atoms with Crippen molar-refractivity contribution in [2.45, 2.75) is 13.0 Å². The van der Waals surface area contributed by atoms with Crippen LogP contribution in [0.5, 0.6) is 0 Å². The van der Waals surface area contributed by atoms with Gasteiger partial charge < -0.3 is 9.64 Å². The molecule has 58 valence electrons. The molecule has 4 heteroatoms. The number of rotatable bonds is 2. The summed E-state index contributed by atoms with van der Waals surface area (Å²) < 4.78 is 4.95. The van der Waals surface area contributed by atoms with Crippen molar-refractivity contribution in [3.8, 4) is 0 Å². The van der Waals surface area contributed by atoms with E-state index in [2.05, 4.69) is 15.9 Å². The van der Waals surface area contributed by atoms with Crippen molar-refractivity contribution < 1.29 is 9.53 Å². The number of cyclic esters (lactones) is 1. The van der Waals surface area contributed by atoms with Gasteiger partial charge in [-0.15, -0.1) is 0 Å². The van der Waals surface area contributed by atoms with Gasteiger partial charge in [0, 0.05) is 11.9 Å². The second-order valence-corrected chi connectivity index (χ2v) is 2.85. The predicted molar refractivity (Wildman–Crippen MR) is 41.3 cm³/mol. The zero-order valence-electron chi connectivity index (χ0n) is 5.84. The fourth-order valence-corrected chi connectivity index (χ4v) is 1.25. The number of carbonyl (C=O) groups is 1. The molecule has 1 amide bonds. The Balaban J connectivity index is 2.44. The van der Waals surface area contributed by atoms with Gasteiger partial charge in [0.25, 0.3) is 0 Å². The summed E-state index contributed by atoms with van der Waals surface area (Å²) in [5.41, 5.74) is 0. The lowest BCUT2D eigenvalue weighted by Crippen LogP contribution is -2.24. The van der Waals surface area contributed by atoms with Crippen LogP contribution in [0.25, 0.3) is 0 Å². The number of hydrogen-bond donors (Lipinski definition) is 0. The minimum atomic E-state index is -0.188. The SMILES string of the molecule is CCN1C[C@@H](CBr)OC1=O. The molecule has 0 unspecified atom stereocenters. The quantitative estimate of drug-likeness (QED) is 0.638. The monoisotopic (exact) mass is 207 g/mol. The standard InChI is InChI=1S/C6H10BrNO2/c1-2-8-4-5(3-7)10-6(8)9/h5H,2-4H2,1H3/t5-/m1/s1. The highest BCUT2D eigenvalue weighted by molar-refractivity contribution is 9.09. The average Bonchev–Trinajstić information content (AvgIpc) is 2.30. The number of nitrogens with zero attached hydrogens (tertiary/aromatic N) is 1. The Morgan fingerprint density at radius 2 is 2.60 bits per heavy atom. The van der Waals surface area contributed by atoms with Gasteiger partial charge in [0.05, 0.1) is 6.54 Å². The molecule has 1 heterocycles. The first kappa shape index (κ1) is 7.85. The lowest BCUT2D eigenvalue weighted by molar-refractivity contribution is 0.140. The Morgan fingerprint density at radius 1 is 1.90 bits per heavy atom. The Labute approximate surface area is 68.5 Å². The molecule has 1 saturated heterocycles. The molecule has 0 aromatic rings. The Kier molecular flexibility index (Phi) is 2.54. The molecule has 0 saturated carbocycles. The van der Waals surface area contributed by atoms with Crippen LogP contribution in [-0.4, -0.2) is 35.5 Å². The van der Waals surface area contributed by atoms with Crippen LogP contribution in [0.4, 0.5) is 4.79 Å². The molecule has 10 heavy (non-hydrogen) atoms. The van der Waals surface area contributed by atoms with Crippen LogP contribution >= 0.6 is 15.9 Å². The first-order valence-corrected chi connectivity index (χ1v) is 4.41. The van der Waals surface area contributed by atoms with Gasteiger partial charge in [0.15, 0.2) is 0 Å². The molecule has 0 spiro atoms. The van der Waals surface area contributed by atoms with Gasteiger partial charge in [-0.05, 0) is 6.92 Å². The van der Waals surface area contributed by atoms with Crippen LogP contribution in [0.1, 0.15) is 6.92 Å². The van der Waals surface area contributed by atoms with Gasteiger partial charge in [-0.2, -0.15) is 0 Å². The minimum Gasteiger partial charge on any atom is -0.443 e. The maximum atomic E-state index is 10.9. The summed E-state index contributed by atoms with van der Waals surface area (Å²) in [6.45, 7) is 3.40. The summed E-state index contributed by atoms with van der Waals surface area (Å²) >= 11 is 3.26. The third-order valence-corrected chi connectivity index (χ3v) is 2.23. The zero-order chi connectivity index (χ0) is 7.56.